The van der Waals surface area contributed by atoms with Crippen LogP contribution in [0.3, 0.4) is 0 Å². The molecule has 0 unspecified atom stereocenters. The molecular weight excluding hydrogens is 250 g/mol. The zero-order valence-corrected chi connectivity index (χ0v) is 12.5. The molecule has 108 valence electrons. The van der Waals surface area contributed by atoms with Gasteiger partial charge in [0.1, 0.15) is 0 Å². The molecule has 0 aromatic heterocycles. The van der Waals surface area contributed by atoms with Gasteiger partial charge in [-0.3, -0.25) is 4.79 Å². The van der Waals surface area contributed by atoms with Crippen molar-refractivity contribution in [2.45, 2.75) is 40.2 Å². The van der Waals surface area contributed by atoms with E-state index in [2.05, 4.69) is 17.2 Å². The van der Waals surface area contributed by atoms with Crippen LogP contribution in [0.25, 0.3) is 0 Å². The minimum Gasteiger partial charge on any atom is -0.395 e. The Hall–Kier alpha value is -1.79. The molecule has 0 saturated heterocycles. The lowest BCUT2D eigenvalue weighted by Crippen LogP contribution is -2.35. The molecule has 0 aliphatic rings. The molecule has 0 atom stereocenters. The van der Waals surface area contributed by atoms with E-state index in [1.54, 1.807) is 0 Å². The predicted octanol–water partition coefficient (Wildman–Crippen LogP) is 2.47. The summed E-state index contributed by atoms with van der Waals surface area (Å²) < 4.78 is 0. The molecule has 3 heteroatoms. The van der Waals surface area contributed by atoms with Gasteiger partial charge in [0.15, 0.2) is 0 Å². The Labute approximate surface area is 121 Å². The van der Waals surface area contributed by atoms with Gasteiger partial charge < -0.3 is 10.4 Å². The summed E-state index contributed by atoms with van der Waals surface area (Å²) in [6.45, 7) is 6.53. The Morgan fingerprint density at radius 1 is 1.30 bits per heavy atom. The maximum Gasteiger partial charge on any atom is 0.225 e. The van der Waals surface area contributed by atoms with Crippen molar-refractivity contribution in [1.82, 2.24) is 5.32 Å². The van der Waals surface area contributed by atoms with E-state index in [4.69, 9.17) is 5.11 Å². The molecule has 1 rings (SSSR count). The molecule has 0 radical (unpaired) electrons. The predicted molar refractivity (Wildman–Crippen MR) is 80.9 cm³/mol. The standard InChI is InChI=1S/C17H23NO2/c1-4-17(2,3)16(20)18-13-15-10-8-14(9-11-15)7-5-6-12-19/h8-11,19H,4,6,12-13H2,1-3H3,(H,18,20). The van der Waals surface area contributed by atoms with Crippen LogP contribution < -0.4 is 5.32 Å². The van der Waals surface area contributed by atoms with Gasteiger partial charge in [0.25, 0.3) is 0 Å². The van der Waals surface area contributed by atoms with E-state index < -0.39 is 0 Å². The van der Waals surface area contributed by atoms with Crippen molar-refractivity contribution in [1.29, 1.82) is 0 Å². The quantitative estimate of drug-likeness (QED) is 0.810. The van der Waals surface area contributed by atoms with Crippen LogP contribution in [0.1, 0.15) is 44.7 Å². The molecule has 20 heavy (non-hydrogen) atoms. The van der Waals surface area contributed by atoms with Crippen molar-refractivity contribution in [3.63, 3.8) is 0 Å². The molecular formula is C17H23NO2. The fraction of sp³-hybridized carbons (Fsp3) is 0.471. The molecule has 0 spiro atoms. The van der Waals surface area contributed by atoms with Gasteiger partial charge in [0, 0.05) is 23.9 Å². The average molecular weight is 273 g/mol. The fourth-order valence-electron chi connectivity index (χ4n) is 1.51. The minimum atomic E-state index is -0.324. The Morgan fingerprint density at radius 3 is 2.50 bits per heavy atom. The van der Waals surface area contributed by atoms with Gasteiger partial charge in [-0.1, -0.05) is 44.7 Å². The van der Waals surface area contributed by atoms with Gasteiger partial charge in [0.2, 0.25) is 5.91 Å². The zero-order valence-electron chi connectivity index (χ0n) is 12.5. The van der Waals surface area contributed by atoms with Crippen molar-refractivity contribution < 1.29 is 9.90 Å². The molecule has 0 fully saturated rings. The number of nitrogens with one attached hydrogen (secondary N) is 1. The van der Waals surface area contributed by atoms with Crippen LogP contribution in [0.5, 0.6) is 0 Å². The molecule has 0 aliphatic carbocycles. The second kappa shape index (κ2) is 7.72. The summed E-state index contributed by atoms with van der Waals surface area (Å²) in [7, 11) is 0. The van der Waals surface area contributed by atoms with Gasteiger partial charge in [0.05, 0.1) is 6.61 Å². The number of aliphatic hydroxyl groups excluding tert-OH is 1. The van der Waals surface area contributed by atoms with E-state index >= 15 is 0 Å². The molecule has 2 N–H and O–H groups in total. The maximum atomic E-state index is 12.0. The van der Waals surface area contributed by atoms with E-state index in [9.17, 15) is 4.79 Å². The first-order valence-corrected chi connectivity index (χ1v) is 6.96. The largest absolute Gasteiger partial charge is 0.395 e. The first-order chi connectivity index (χ1) is 9.49. The molecule has 1 aromatic rings. The third kappa shape index (κ3) is 5.07. The number of hydrogen-bond donors (Lipinski definition) is 2. The lowest BCUT2D eigenvalue weighted by molar-refractivity contribution is -0.129. The summed E-state index contributed by atoms with van der Waals surface area (Å²) in [6, 6.07) is 7.78. The van der Waals surface area contributed by atoms with Crippen LogP contribution in [0.4, 0.5) is 0 Å². The van der Waals surface area contributed by atoms with Gasteiger partial charge >= 0.3 is 0 Å². The molecule has 0 heterocycles. The van der Waals surface area contributed by atoms with E-state index in [0.29, 0.717) is 13.0 Å². The van der Waals surface area contributed by atoms with Crippen LogP contribution in [0, 0.1) is 17.3 Å². The smallest absolute Gasteiger partial charge is 0.225 e. The second-order valence-corrected chi connectivity index (χ2v) is 5.39. The fourth-order valence-corrected chi connectivity index (χ4v) is 1.51. The lowest BCUT2D eigenvalue weighted by atomic mass is 9.89. The number of aliphatic hydroxyl groups is 1. The minimum absolute atomic E-state index is 0.0758. The first-order valence-electron chi connectivity index (χ1n) is 6.96. The number of amides is 1. The number of hydrogen-bond acceptors (Lipinski definition) is 2. The van der Waals surface area contributed by atoms with Crippen molar-refractivity contribution in [2.24, 2.45) is 5.41 Å². The van der Waals surface area contributed by atoms with Gasteiger partial charge in [-0.15, -0.1) is 0 Å². The summed E-state index contributed by atoms with van der Waals surface area (Å²) in [6.07, 6.45) is 1.31. The highest BCUT2D eigenvalue weighted by Gasteiger charge is 2.24. The van der Waals surface area contributed by atoms with Gasteiger partial charge in [-0.2, -0.15) is 0 Å². The summed E-state index contributed by atoms with van der Waals surface area (Å²) in [5.74, 6) is 5.93. The molecule has 0 bridgehead atoms. The number of carbonyl (C=O) groups excluding carboxylic acids is 1. The third-order valence-electron chi connectivity index (χ3n) is 3.38. The van der Waals surface area contributed by atoms with Crippen LogP contribution in [0.2, 0.25) is 0 Å². The highest BCUT2D eigenvalue weighted by atomic mass is 16.2. The SMILES string of the molecule is CCC(C)(C)C(=O)NCc1ccc(C#CCCO)cc1. The van der Waals surface area contributed by atoms with Crippen LogP contribution in [-0.4, -0.2) is 17.6 Å². The summed E-state index contributed by atoms with van der Waals surface area (Å²) in [5, 5.41) is 11.6. The normalized spacial score (nSPS) is 10.6. The number of rotatable bonds is 5. The van der Waals surface area contributed by atoms with Gasteiger partial charge in [-0.05, 0) is 24.1 Å². The number of benzene rings is 1. The van der Waals surface area contributed by atoms with Crippen molar-refractivity contribution >= 4 is 5.91 Å². The van der Waals surface area contributed by atoms with E-state index in [-0.39, 0.29) is 17.9 Å². The molecule has 1 aromatic carbocycles. The van der Waals surface area contributed by atoms with Crippen molar-refractivity contribution in [3.05, 3.63) is 35.4 Å². The zero-order chi connectivity index (χ0) is 15.0. The van der Waals surface area contributed by atoms with E-state index in [1.165, 1.54) is 0 Å². The van der Waals surface area contributed by atoms with Crippen molar-refractivity contribution in [3.8, 4) is 11.8 Å². The lowest BCUT2D eigenvalue weighted by Gasteiger charge is -2.21. The number of carbonyl (C=O) groups is 1. The second-order valence-electron chi connectivity index (χ2n) is 5.39. The Kier molecular flexibility index (Phi) is 6.27. The highest BCUT2D eigenvalue weighted by Crippen LogP contribution is 2.19. The molecule has 0 aliphatic heterocycles. The molecule has 1 amide bonds. The molecule has 3 nitrogen and oxygen atoms in total. The first kappa shape index (κ1) is 16.3. The summed E-state index contributed by atoms with van der Waals surface area (Å²) in [4.78, 5) is 12.0. The van der Waals surface area contributed by atoms with Crippen LogP contribution in [0.15, 0.2) is 24.3 Å². The van der Waals surface area contributed by atoms with E-state index in [1.807, 2.05) is 45.0 Å². The molecule has 0 saturated carbocycles. The average Bonchev–Trinajstić information content (AvgIpc) is 2.46. The van der Waals surface area contributed by atoms with Crippen LogP contribution >= 0.6 is 0 Å². The van der Waals surface area contributed by atoms with Crippen LogP contribution in [-0.2, 0) is 11.3 Å². The maximum absolute atomic E-state index is 12.0. The summed E-state index contributed by atoms with van der Waals surface area (Å²) in [5.41, 5.74) is 1.65. The van der Waals surface area contributed by atoms with Gasteiger partial charge in [-0.25, -0.2) is 0 Å². The topological polar surface area (TPSA) is 49.3 Å². The Morgan fingerprint density at radius 2 is 1.95 bits per heavy atom. The highest BCUT2D eigenvalue weighted by molar-refractivity contribution is 5.81. The summed E-state index contributed by atoms with van der Waals surface area (Å²) >= 11 is 0. The Bertz CT molecular complexity index is 492. The third-order valence-corrected chi connectivity index (χ3v) is 3.38. The van der Waals surface area contributed by atoms with E-state index in [0.717, 1.165) is 17.5 Å². The van der Waals surface area contributed by atoms with Crippen molar-refractivity contribution in [2.75, 3.05) is 6.61 Å². The Balaban J connectivity index is 2.55. The monoisotopic (exact) mass is 273 g/mol.